The molecule has 0 saturated heterocycles. The van der Waals surface area contributed by atoms with E-state index in [9.17, 15) is 4.79 Å². The van der Waals surface area contributed by atoms with Gasteiger partial charge in [0, 0.05) is 17.3 Å². The van der Waals surface area contributed by atoms with Gasteiger partial charge in [0.25, 0.3) is 5.91 Å². The molecule has 6 heteroatoms. The van der Waals surface area contributed by atoms with Crippen molar-refractivity contribution >= 4 is 34.7 Å². The number of ether oxygens (including phenoxy) is 2. The van der Waals surface area contributed by atoms with E-state index < -0.39 is 0 Å². The van der Waals surface area contributed by atoms with Crippen molar-refractivity contribution in [3.05, 3.63) is 72.3 Å². The molecule has 1 amide bonds. The predicted octanol–water partition coefficient (Wildman–Crippen LogP) is 3.80. The number of benzene rings is 3. The quantitative estimate of drug-likeness (QED) is 0.509. The molecule has 0 aliphatic carbocycles. The number of carbonyl (C=O) groups is 1. The van der Waals surface area contributed by atoms with E-state index in [-0.39, 0.29) is 19.2 Å². The van der Waals surface area contributed by atoms with E-state index in [4.69, 9.17) is 9.47 Å². The highest BCUT2D eigenvalue weighted by molar-refractivity contribution is 5.95. The summed E-state index contributed by atoms with van der Waals surface area (Å²) in [4.78, 5) is 12.0. The zero-order valence-electron chi connectivity index (χ0n) is 15.1. The summed E-state index contributed by atoms with van der Waals surface area (Å²) in [6, 6.07) is 19.6. The maximum Gasteiger partial charge on any atom is 0.259 e. The number of anilines is 1. The molecule has 0 radical (unpaired) electrons. The van der Waals surface area contributed by atoms with E-state index in [1.165, 1.54) is 6.21 Å². The van der Waals surface area contributed by atoms with Gasteiger partial charge in [0.05, 0.1) is 6.54 Å². The average molecular weight is 373 g/mol. The number of allylic oxidation sites excluding steroid dienone is 1. The number of nitrogens with zero attached hydrogens (tertiary/aromatic N) is 1. The molecule has 0 saturated carbocycles. The summed E-state index contributed by atoms with van der Waals surface area (Å²) in [6.07, 6.45) is 5.14. The van der Waals surface area contributed by atoms with Gasteiger partial charge in [0.2, 0.25) is 6.79 Å². The van der Waals surface area contributed by atoms with Gasteiger partial charge in [-0.05, 0) is 35.2 Å². The minimum atomic E-state index is -0.222. The molecule has 0 atom stereocenters. The lowest BCUT2D eigenvalue weighted by molar-refractivity contribution is -0.119. The molecule has 6 nitrogen and oxygen atoms in total. The summed E-state index contributed by atoms with van der Waals surface area (Å²) in [5, 5.41) is 9.28. The molecule has 1 aliphatic heterocycles. The van der Waals surface area contributed by atoms with Crippen LogP contribution in [-0.2, 0) is 4.79 Å². The number of hydrazone groups is 1. The zero-order chi connectivity index (χ0) is 19.2. The zero-order valence-corrected chi connectivity index (χ0v) is 15.1. The van der Waals surface area contributed by atoms with Crippen LogP contribution in [0.2, 0.25) is 0 Å². The Labute approximate surface area is 162 Å². The molecular formula is C22H19N3O3. The topological polar surface area (TPSA) is 72.0 Å². The van der Waals surface area contributed by atoms with Crippen molar-refractivity contribution in [2.24, 2.45) is 5.10 Å². The Morgan fingerprint density at radius 2 is 1.89 bits per heavy atom. The first-order valence-corrected chi connectivity index (χ1v) is 8.89. The normalized spacial score (nSPS) is 12.7. The molecule has 0 spiro atoms. The molecule has 140 valence electrons. The van der Waals surface area contributed by atoms with Crippen molar-refractivity contribution < 1.29 is 14.3 Å². The van der Waals surface area contributed by atoms with Crippen molar-refractivity contribution in [2.75, 3.05) is 18.7 Å². The summed E-state index contributed by atoms with van der Waals surface area (Å²) in [6.45, 7) is 0.389. The Hall–Kier alpha value is -3.80. The van der Waals surface area contributed by atoms with Crippen LogP contribution in [0.15, 0.2) is 71.8 Å². The van der Waals surface area contributed by atoms with Crippen LogP contribution in [0.4, 0.5) is 5.69 Å². The molecule has 0 unspecified atom stereocenters. The number of nitrogens with one attached hydrogen (secondary N) is 2. The Balaban J connectivity index is 1.27. The SMILES string of the molecule is O=C(CNc1cccc2ccccc12)N/N=C/C=C/c1ccc2c(c1)OCO2. The van der Waals surface area contributed by atoms with Crippen LogP contribution in [0.25, 0.3) is 16.8 Å². The minimum Gasteiger partial charge on any atom is -0.454 e. The maximum absolute atomic E-state index is 12.0. The third-order valence-corrected chi connectivity index (χ3v) is 4.26. The Bertz CT molecular complexity index is 1050. The monoisotopic (exact) mass is 373 g/mol. The van der Waals surface area contributed by atoms with Gasteiger partial charge in [-0.15, -0.1) is 0 Å². The van der Waals surface area contributed by atoms with Crippen LogP contribution in [0.3, 0.4) is 0 Å². The van der Waals surface area contributed by atoms with Gasteiger partial charge in [0.1, 0.15) is 0 Å². The van der Waals surface area contributed by atoms with E-state index in [1.54, 1.807) is 6.08 Å². The van der Waals surface area contributed by atoms with Gasteiger partial charge in [0.15, 0.2) is 11.5 Å². The molecule has 0 aromatic heterocycles. The Morgan fingerprint density at radius 3 is 2.86 bits per heavy atom. The van der Waals surface area contributed by atoms with Gasteiger partial charge in [-0.1, -0.05) is 48.5 Å². The summed E-state index contributed by atoms with van der Waals surface area (Å²) >= 11 is 0. The van der Waals surface area contributed by atoms with Crippen molar-refractivity contribution in [3.63, 3.8) is 0 Å². The van der Waals surface area contributed by atoms with Gasteiger partial charge in [-0.25, -0.2) is 5.43 Å². The van der Waals surface area contributed by atoms with Gasteiger partial charge in [-0.2, -0.15) is 5.10 Å². The fourth-order valence-corrected chi connectivity index (χ4v) is 2.92. The number of carbonyl (C=O) groups excluding carboxylic acids is 1. The number of hydrogen-bond donors (Lipinski definition) is 2. The van der Waals surface area contributed by atoms with Crippen molar-refractivity contribution in [1.29, 1.82) is 0 Å². The fraction of sp³-hybridized carbons (Fsp3) is 0.0909. The summed E-state index contributed by atoms with van der Waals surface area (Å²) < 4.78 is 10.6. The highest BCUT2D eigenvalue weighted by Crippen LogP contribution is 2.32. The van der Waals surface area contributed by atoms with Crippen LogP contribution in [0.1, 0.15) is 5.56 Å². The van der Waals surface area contributed by atoms with Crippen molar-refractivity contribution in [1.82, 2.24) is 5.43 Å². The summed E-state index contributed by atoms with van der Waals surface area (Å²) in [5.41, 5.74) is 4.38. The Morgan fingerprint density at radius 1 is 1.04 bits per heavy atom. The first-order chi connectivity index (χ1) is 13.8. The summed E-state index contributed by atoms with van der Waals surface area (Å²) in [5.74, 6) is 1.25. The second-order valence-corrected chi connectivity index (χ2v) is 6.17. The highest BCUT2D eigenvalue weighted by Gasteiger charge is 2.11. The largest absolute Gasteiger partial charge is 0.454 e. The first kappa shape index (κ1) is 17.6. The number of fused-ring (bicyclic) bond motifs is 2. The van der Waals surface area contributed by atoms with Crippen molar-refractivity contribution in [3.8, 4) is 11.5 Å². The molecule has 1 aliphatic rings. The molecule has 2 N–H and O–H groups in total. The number of amides is 1. The van der Waals surface area contributed by atoms with Gasteiger partial charge < -0.3 is 14.8 Å². The lowest BCUT2D eigenvalue weighted by Gasteiger charge is -2.08. The molecule has 0 fully saturated rings. The number of hydrogen-bond acceptors (Lipinski definition) is 5. The third kappa shape index (κ3) is 4.12. The second kappa shape index (κ2) is 8.26. The average Bonchev–Trinajstić information content (AvgIpc) is 3.20. The summed E-state index contributed by atoms with van der Waals surface area (Å²) in [7, 11) is 0. The lowest BCUT2D eigenvalue weighted by atomic mass is 10.1. The molecule has 0 bridgehead atoms. The molecule has 28 heavy (non-hydrogen) atoms. The maximum atomic E-state index is 12.0. The van der Waals surface area contributed by atoms with Crippen LogP contribution < -0.4 is 20.2 Å². The van der Waals surface area contributed by atoms with E-state index >= 15 is 0 Å². The smallest absolute Gasteiger partial charge is 0.259 e. The van der Waals surface area contributed by atoms with E-state index in [0.29, 0.717) is 0 Å². The van der Waals surface area contributed by atoms with E-state index in [2.05, 4.69) is 15.8 Å². The van der Waals surface area contributed by atoms with Crippen LogP contribution >= 0.6 is 0 Å². The van der Waals surface area contributed by atoms with Crippen LogP contribution in [0.5, 0.6) is 11.5 Å². The molecule has 1 heterocycles. The van der Waals surface area contributed by atoms with Crippen molar-refractivity contribution in [2.45, 2.75) is 0 Å². The fourth-order valence-electron chi connectivity index (χ4n) is 2.92. The minimum absolute atomic E-state index is 0.136. The molecule has 3 aromatic carbocycles. The number of rotatable bonds is 6. The molecule has 4 rings (SSSR count). The van der Waals surface area contributed by atoms with Gasteiger partial charge >= 0.3 is 0 Å². The molecule has 3 aromatic rings. The standard InChI is InChI=1S/C22H19N3O3/c26-22(14-23-19-9-3-7-17-6-1-2-8-18(17)19)25-24-12-4-5-16-10-11-20-21(13-16)28-15-27-20/h1-13,23H,14-15H2,(H,25,26)/b5-4+,24-12+. The predicted molar refractivity (Wildman–Crippen MR) is 111 cm³/mol. The van der Waals surface area contributed by atoms with Crippen LogP contribution in [0, 0.1) is 0 Å². The van der Waals surface area contributed by atoms with Crippen LogP contribution in [-0.4, -0.2) is 25.5 Å². The van der Waals surface area contributed by atoms with Gasteiger partial charge in [-0.3, -0.25) is 4.79 Å². The third-order valence-electron chi connectivity index (χ3n) is 4.26. The molecular weight excluding hydrogens is 354 g/mol. The lowest BCUT2D eigenvalue weighted by Crippen LogP contribution is -2.25. The highest BCUT2D eigenvalue weighted by atomic mass is 16.7. The second-order valence-electron chi connectivity index (χ2n) is 6.17. The van der Waals surface area contributed by atoms with E-state index in [0.717, 1.165) is 33.5 Å². The Kier molecular flexibility index (Phi) is 5.20. The first-order valence-electron chi connectivity index (χ1n) is 8.89. The van der Waals surface area contributed by atoms with E-state index in [1.807, 2.05) is 66.7 Å².